The van der Waals surface area contributed by atoms with Crippen LogP contribution in [0.2, 0.25) is 0 Å². The zero-order valence-electron chi connectivity index (χ0n) is 15.3. The van der Waals surface area contributed by atoms with Crippen LogP contribution in [0.15, 0.2) is 29.3 Å². The summed E-state index contributed by atoms with van der Waals surface area (Å²) in [5.74, 6) is -2.20. The van der Waals surface area contributed by atoms with Crippen LogP contribution in [0, 0.1) is 5.82 Å². The van der Waals surface area contributed by atoms with E-state index < -0.39 is 45.9 Å². The molecule has 2 unspecified atom stereocenters. The number of ether oxygens (including phenoxy) is 1. The van der Waals surface area contributed by atoms with Crippen molar-refractivity contribution in [3.8, 4) is 5.75 Å². The van der Waals surface area contributed by atoms with Gasteiger partial charge in [0.1, 0.15) is 17.3 Å². The molecule has 1 amide bonds. The minimum atomic E-state index is -4.09. The molecular weight excluding hydrogens is 415 g/mol. The molecule has 1 aliphatic heterocycles. The molecule has 0 saturated heterocycles. The van der Waals surface area contributed by atoms with E-state index in [-0.39, 0.29) is 28.6 Å². The van der Waals surface area contributed by atoms with Gasteiger partial charge in [-0.3, -0.25) is 4.79 Å². The Morgan fingerprint density at radius 3 is 2.72 bits per heavy atom. The van der Waals surface area contributed by atoms with Gasteiger partial charge in [-0.1, -0.05) is 0 Å². The second-order valence-corrected chi connectivity index (χ2v) is 8.23. The van der Waals surface area contributed by atoms with E-state index in [4.69, 9.17) is 4.74 Å². The van der Waals surface area contributed by atoms with E-state index in [2.05, 4.69) is 10.0 Å². The predicted octanol–water partition coefficient (Wildman–Crippen LogP) is 1.77. The predicted molar refractivity (Wildman–Crippen MR) is 96.0 cm³/mol. The second-order valence-electron chi connectivity index (χ2n) is 6.55. The number of rotatable bonds is 4. The Bertz CT molecular complexity index is 1050. The Morgan fingerprint density at radius 1 is 1.41 bits per heavy atom. The van der Waals surface area contributed by atoms with E-state index in [1.165, 1.54) is 18.5 Å². The van der Waals surface area contributed by atoms with Crippen molar-refractivity contribution in [1.29, 1.82) is 0 Å². The highest BCUT2D eigenvalue weighted by molar-refractivity contribution is 7.89. The molecule has 2 aromatic rings. The zero-order chi connectivity index (χ0) is 21.5. The third kappa shape index (κ3) is 4.09. The van der Waals surface area contributed by atoms with Crippen molar-refractivity contribution in [2.24, 2.45) is 7.05 Å². The number of aryl methyl sites for hydroxylation is 1. The maximum absolute atomic E-state index is 13.4. The summed E-state index contributed by atoms with van der Waals surface area (Å²) < 4.78 is 73.2. The summed E-state index contributed by atoms with van der Waals surface area (Å²) in [7, 11) is -2.68. The number of halogens is 3. The van der Waals surface area contributed by atoms with Gasteiger partial charge in [0, 0.05) is 18.9 Å². The molecule has 0 spiro atoms. The van der Waals surface area contributed by atoms with Crippen molar-refractivity contribution in [3.63, 3.8) is 0 Å². The molecule has 1 aliphatic rings. The van der Waals surface area contributed by atoms with Gasteiger partial charge in [0.05, 0.1) is 17.7 Å². The van der Waals surface area contributed by atoms with Crippen molar-refractivity contribution in [1.82, 2.24) is 9.29 Å². The fourth-order valence-electron chi connectivity index (χ4n) is 2.86. The van der Waals surface area contributed by atoms with Gasteiger partial charge in [-0.25, -0.2) is 26.3 Å². The standard InChI is InChI=1S/C17H18F3N3O5S/c1-8(24)12-7-28-15-13(29(26,27)22-12)6-23(2)14(15)17(25)21-9-3-4-11(18)10(5-9)16(19)20/h3-6,8,12,16,22,24H,7H2,1-2H3,(H,21,25). The molecule has 12 heteroatoms. The van der Waals surface area contributed by atoms with Gasteiger partial charge in [-0.2, -0.15) is 0 Å². The molecule has 3 rings (SSSR count). The third-order valence-electron chi connectivity index (χ3n) is 4.39. The van der Waals surface area contributed by atoms with Crippen LogP contribution in [-0.2, 0) is 17.1 Å². The normalized spacial score (nSPS) is 19.2. The number of aliphatic hydroxyl groups excluding tert-OH is 1. The molecule has 0 fully saturated rings. The Hall–Kier alpha value is -2.57. The van der Waals surface area contributed by atoms with Crippen molar-refractivity contribution in [2.45, 2.75) is 30.4 Å². The molecule has 3 N–H and O–H groups in total. The van der Waals surface area contributed by atoms with Gasteiger partial charge in [0.2, 0.25) is 10.0 Å². The van der Waals surface area contributed by atoms with Gasteiger partial charge >= 0.3 is 0 Å². The van der Waals surface area contributed by atoms with Gasteiger partial charge < -0.3 is 19.7 Å². The van der Waals surface area contributed by atoms with Crippen LogP contribution >= 0.6 is 0 Å². The number of aliphatic hydroxyl groups is 1. The number of sulfonamides is 1. The smallest absolute Gasteiger partial charge is 0.276 e. The zero-order valence-corrected chi connectivity index (χ0v) is 16.1. The average molecular weight is 433 g/mol. The highest BCUT2D eigenvalue weighted by Gasteiger charge is 2.36. The lowest BCUT2D eigenvalue weighted by Gasteiger charge is -2.18. The SMILES string of the molecule is CC(O)C1COc2c(cn(C)c2C(=O)Nc2ccc(F)c(C(F)F)c2)S(=O)(=O)N1. The first-order valence-electron chi connectivity index (χ1n) is 8.42. The minimum Gasteiger partial charge on any atom is -0.488 e. The maximum Gasteiger partial charge on any atom is 0.276 e. The summed E-state index contributed by atoms with van der Waals surface area (Å²) in [6.45, 7) is 1.15. The van der Waals surface area contributed by atoms with E-state index in [1.807, 2.05) is 0 Å². The molecule has 158 valence electrons. The van der Waals surface area contributed by atoms with E-state index >= 15 is 0 Å². The van der Waals surface area contributed by atoms with Crippen LogP contribution in [0.25, 0.3) is 0 Å². The first-order valence-corrected chi connectivity index (χ1v) is 9.91. The lowest BCUT2D eigenvalue weighted by Crippen LogP contribution is -2.44. The lowest BCUT2D eigenvalue weighted by molar-refractivity contribution is 0.100. The highest BCUT2D eigenvalue weighted by Crippen LogP contribution is 2.33. The van der Waals surface area contributed by atoms with Crippen LogP contribution in [0.5, 0.6) is 5.75 Å². The number of hydrogen-bond acceptors (Lipinski definition) is 5. The lowest BCUT2D eigenvalue weighted by atomic mass is 10.2. The monoisotopic (exact) mass is 433 g/mol. The number of amides is 1. The Balaban J connectivity index is 1.96. The largest absolute Gasteiger partial charge is 0.488 e. The quantitative estimate of drug-likeness (QED) is 0.681. The van der Waals surface area contributed by atoms with E-state index in [0.29, 0.717) is 0 Å². The molecule has 1 aromatic carbocycles. The first-order chi connectivity index (χ1) is 13.5. The van der Waals surface area contributed by atoms with Gasteiger partial charge in [0.15, 0.2) is 11.4 Å². The molecular formula is C17H18F3N3O5S. The van der Waals surface area contributed by atoms with Gasteiger partial charge in [-0.15, -0.1) is 0 Å². The van der Waals surface area contributed by atoms with Gasteiger partial charge in [0.25, 0.3) is 12.3 Å². The first kappa shape index (κ1) is 21.1. The Labute approximate surface area is 164 Å². The molecule has 0 radical (unpaired) electrons. The average Bonchev–Trinajstić information content (AvgIpc) is 2.90. The number of carbonyl (C=O) groups excluding carboxylic acids is 1. The number of nitrogens with zero attached hydrogens (tertiary/aromatic N) is 1. The van der Waals surface area contributed by atoms with Crippen LogP contribution < -0.4 is 14.8 Å². The fourth-order valence-corrected chi connectivity index (χ4v) is 4.34. The molecule has 1 aromatic heterocycles. The second kappa shape index (κ2) is 7.69. The van der Waals surface area contributed by atoms with Crippen molar-refractivity contribution < 1.29 is 36.2 Å². The van der Waals surface area contributed by atoms with E-state index in [1.54, 1.807) is 0 Å². The number of alkyl halides is 2. The van der Waals surface area contributed by atoms with Crippen LogP contribution in [-0.4, -0.2) is 42.8 Å². The third-order valence-corrected chi connectivity index (χ3v) is 5.87. The molecule has 29 heavy (non-hydrogen) atoms. The summed E-state index contributed by atoms with van der Waals surface area (Å²) in [6, 6.07) is 1.76. The molecule has 0 bridgehead atoms. The fraction of sp³-hybridized carbons (Fsp3) is 0.353. The molecule has 0 aliphatic carbocycles. The molecule has 8 nitrogen and oxygen atoms in total. The van der Waals surface area contributed by atoms with Crippen molar-refractivity contribution in [3.05, 3.63) is 41.5 Å². The Morgan fingerprint density at radius 2 is 2.10 bits per heavy atom. The maximum atomic E-state index is 13.4. The molecule has 2 atom stereocenters. The summed E-state index contributed by atoms with van der Waals surface area (Å²) in [5.41, 5.74) is -1.16. The number of nitrogens with one attached hydrogen (secondary N) is 2. The number of fused-ring (bicyclic) bond motifs is 1. The number of hydrogen-bond donors (Lipinski definition) is 3. The number of anilines is 1. The number of benzene rings is 1. The van der Waals surface area contributed by atoms with Crippen LogP contribution in [0.3, 0.4) is 0 Å². The summed E-state index contributed by atoms with van der Waals surface area (Å²) in [4.78, 5) is 12.4. The van der Waals surface area contributed by atoms with Crippen LogP contribution in [0.4, 0.5) is 18.9 Å². The highest BCUT2D eigenvalue weighted by atomic mass is 32.2. The minimum absolute atomic E-state index is 0.0990. The number of carbonyl (C=O) groups is 1. The number of aromatic nitrogens is 1. The van der Waals surface area contributed by atoms with E-state index in [9.17, 15) is 31.5 Å². The topological polar surface area (TPSA) is 110 Å². The van der Waals surface area contributed by atoms with E-state index in [0.717, 1.165) is 24.4 Å². The summed E-state index contributed by atoms with van der Waals surface area (Å²) in [5, 5.41) is 12.0. The van der Waals surface area contributed by atoms with Crippen LogP contribution in [0.1, 0.15) is 29.4 Å². The Kier molecular flexibility index (Phi) is 5.61. The van der Waals surface area contributed by atoms with Crippen molar-refractivity contribution in [2.75, 3.05) is 11.9 Å². The molecule has 2 heterocycles. The molecule has 0 saturated carbocycles. The summed E-state index contributed by atoms with van der Waals surface area (Å²) in [6.07, 6.45) is -2.96. The van der Waals surface area contributed by atoms with Gasteiger partial charge in [-0.05, 0) is 25.1 Å². The summed E-state index contributed by atoms with van der Waals surface area (Å²) >= 11 is 0. The van der Waals surface area contributed by atoms with Crippen molar-refractivity contribution >= 4 is 21.6 Å².